The lowest BCUT2D eigenvalue weighted by Gasteiger charge is -2.36. The summed E-state index contributed by atoms with van der Waals surface area (Å²) in [6.45, 7) is 17.2. The van der Waals surface area contributed by atoms with Crippen LogP contribution < -0.4 is 10.6 Å². The van der Waals surface area contributed by atoms with Crippen molar-refractivity contribution < 1.29 is 19.1 Å². The maximum atomic E-state index is 14.1. The molecule has 0 aromatic heterocycles. The zero-order chi connectivity index (χ0) is 27.9. The Morgan fingerprint density at radius 3 is 2.16 bits per heavy atom. The van der Waals surface area contributed by atoms with Crippen LogP contribution in [0.3, 0.4) is 0 Å². The van der Waals surface area contributed by atoms with Crippen LogP contribution >= 0.6 is 0 Å². The van der Waals surface area contributed by atoms with Gasteiger partial charge in [0.05, 0.1) is 0 Å². The lowest BCUT2D eigenvalue weighted by Crippen LogP contribution is -2.54. The molecule has 0 aliphatic heterocycles. The van der Waals surface area contributed by atoms with Crippen molar-refractivity contribution >= 4 is 23.6 Å². The molecule has 0 aliphatic rings. The zero-order valence-corrected chi connectivity index (χ0v) is 23.8. The van der Waals surface area contributed by atoms with E-state index in [1.807, 2.05) is 84.0 Å². The lowest BCUT2D eigenvalue weighted by molar-refractivity contribution is -0.141. The Kier molecular flexibility index (Phi) is 10.3. The van der Waals surface area contributed by atoms with Gasteiger partial charge in [0.2, 0.25) is 5.91 Å². The second-order valence-electron chi connectivity index (χ2n) is 10.7. The SMILES string of the molecule is CCC(C)C(NC(=O)OC(C)(C)C)C(=O)N(CC)C(C(=O)Nc1ccccc1C)c1ccc(C)cc1C. The van der Waals surface area contributed by atoms with Crippen LogP contribution in [0.1, 0.15) is 76.3 Å². The lowest BCUT2D eigenvalue weighted by atomic mass is 9.93. The maximum absolute atomic E-state index is 14.1. The molecule has 2 aromatic rings. The summed E-state index contributed by atoms with van der Waals surface area (Å²) in [7, 11) is 0. The highest BCUT2D eigenvalue weighted by Gasteiger charge is 2.38. The number of benzene rings is 2. The predicted octanol–water partition coefficient (Wildman–Crippen LogP) is 6.08. The van der Waals surface area contributed by atoms with Crippen molar-refractivity contribution in [1.29, 1.82) is 0 Å². The number of alkyl carbamates (subject to hydrolysis) is 1. The molecule has 0 bridgehead atoms. The minimum absolute atomic E-state index is 0.173. The van der Waals surface area contributed by atoms with Crippen LogP contribution in [0.15, 0.2) is 42.5 Å². The number of carbonyl (C=O) groups excluding carboxylic acids is 3. The highest BCUT2D eigenvalue weighted by molar-refractivity contribution is 5.99. The molecule has 7 nitrogen and oxygen atoms in total. The molecule has 2 rings (SSSR count). The number of para-hydroxylation sites is 1. The van der Waals surface area contributed by atoms with Crippen molar-refractivity contribution in [2.24, 2.45) is 5.92 Å². The van der Waals surface area contributed by atoms with Crippen molar-refractivity contribution in [2.45, 2.75) is 86.4 Å². The number of rotatable bonds is 9. The van der Waals surface area contributed by atoms with Crippen LogP contribution in [-0.4, -0.2) is 41.0 Å². The maximum Gasteiger partial charge on any atom is 0.408 e. The Morgan fingerprint density at radius 2 is 1.62 bits per heavy atom. The molecule has 0 radical (unpaired) electrons. The van der Waals surface area contributed by atoms with E-state index in [0.717, 1.165) is 22.3 Å². The molecule has 0 saturated carbocycles. The van der Waals surface area contributed by atoms with E-state index < -0.39 is 23.8 Å². The van der Waals surface area contributed by atoms with E-state index >= 15 is 0 Å². The molecule has 3 atom stereocenters. The van der Waals surface area contributed by atoms with E-state index in [1.54, 1.807) is 25.7 Å². The number of carbonyl (C=O) groups is 3. The van der Waals surface area contributed by atoms with Crippen molar-refractivity contribution in [1.82, 2.24) is 10.2 Å². The van der Waals surface area contributed by atoms with Gasteiger partial charge in [-0.3, -0.25) is 9.59 Å². The molecule has 202 valence electrons. The van der Waals surface area contributed by atoms with Gasteiger partial charge in [0.15, 0.2) is 0 Å². The van der Waals surface area contributed by atoms with E-state index in [-0.39, 0.29) is 24.3 Å². The quantitative estimate of drug-likeness (QED) is 0.429. The highest BCUT2D eigenvalue weighted by Crippen LogP contribution is 2.29. The zero-order valence-electron chi connectivity index (χ0n) is 23.8. The molecular weight excluding hydrogens is 466 g/mol. The molecule has 0 heterocycles. The minimum Gasteiger partial charge on any atom is -0.444 e. The first-order valence-corrected chi connectivity index (χ1v) is 13.0. The van der Waals surface area contributed by atoms with Gasteiger partial charge in [-0.2, -0.15) is 0 Å². The first-order chi connectivity index (χ1) is 17.3. The number of aryl methyl sites for hydroxylation is 3. The van der Waals surface area contributed by atoms with Gasteiger partial charge >= 0.3 is 6.09 Å². The van der Waals surface area contributed by atoms with E-state index in [9.17, 15) is 14.4 Å². The van der Waals surface area contributed by atoms with E-state index in [2.05, 4.69) is 10.6 Å². The monoisotopic (exact) mass is 509 g/mol. The summed E-state index contributed by atoms with van der Waals surface area (Å²) in [6, 6.07) is 11.7. The van der Waals surface area contributed by atoms with Crippen molar-refractivity contribution in [2.75, 3.05) is 11.9 Å². The van der Waals surface area contributed by atoms with Crippen LogP contribution in [0, 0.1) is 26.7 Å². The van der Waals surface area contributed by atoms with Gasteiger partial charge in [0, 0.05) is 12.2 Å². The minimum atomic E-state index is -0.885. The number of amides is 3. The van der Waals surface area contributed by atoms with E-state index in [4.69, 9.17) is 4.74 Å². The third-order valence-electron chi connectivity index (χ3n) is 6.46. The number of hydrogen-bond acceptors (Lipinski definition) is 4. The number of hydrogen-bond donors (Lipinski definition) is 2. The summed E-state index contributed by atoms with van der Waals surface area (Å²) >= 11 is 0. The number of anilines is 1. The second-order valence-corrected chi connectivity index (χ2v) is 10.7. The van der Waals surface area contributed by atoms with Gasteiger partial charge in [-0.05, 0) is 77.1 Å². The topological polar surface area (TPSA) is 87.7 Å². The van der Waals surface area contributed by atoms with Crippen molar-refractivity contribution in [3.63, 3.8) is 0 Å². The smallest absolute Gasteiger partial charge is 0.408 e. The Morgan fingerprint density at radius 1 is 0.973 bits per heavy atom. The number of ether oxygens (including phenoxy) is 1. The molecule has 0 aliphatic carbocycles. The summed E-state index contributed by atoms with van der Waals surface area (Å²) in [6.07, 6.45) is 0.00236. The third-order valence-corrected chi connectivity index (χ3v) is 6.46. The van der Waals surface area contributed by atoms with E-state index in [0.29, 0.717) is 12.1 Å². The Hall–Kier alpha value is -3.35. The van der Waals surface area contributed by atoms with Gasteiger partial charge < -0.3 is 20.3 Å². The molecule has 0 spiro atoms. The molecule has 0 fully saturated rings. The van der Waals surface area contributed by atoms with Gasteiger partial charge in [-0.25, -0.2) is 4.79 Å². The third kappa shape index (κ3) is 8.07. The molecular formula is C30H43N3O4. The molecule has 2 N–H and O–H groups in total. The van der Waals surface area contributed by atoms with Crippen LogP contribution in [0.5, 0.6) is 0 Å². The van der Waals surface area contributed by atoms with Gasteiger partial charge in [0.1, 0.15) is 17.7 Å². The predicted molar refractivity (Wildman–Crippen MR) is 148 cm³/mol. The van der Waals surface area contributed by atoms with Crippen LogP contribution in [-0.2, 0) is 14.3 Å². The number of nitrogens with zero attached hydrogens (tertiary/aromatic N) is 1. The normalized spacial score (nSPS) is 13.8. The van der Waals surface area contributed by atoms with Crippen LogP contribution in [0.2, 0.25) is 0 Å². The first-order valence-electron chi connectivity index (χ1n) is 13.0. The molecule has 3 amide bonds. The summed E-state index contributed by atoms with van der Waals surface area (Å²) in [4.78, 5) is 42.2. The summed E-state index contributed by atoms with van der Waals surface area (Å²) in [5, 5.41) is 5.81. The van der Waals surface area contributed by atoms with Crippen molar-refractivity contribution in [3.05, 3.63) is 64.7 Å². The Bertz CT molecular complexity index is 1110. The first kappa shape index (κ1) is 29.9. The summed E-state index contributed by atoms with van der Waals surface area (Å²) < 4.78 is 5.44. The fourth-order valence-corrected chi connectivity index (χ4v) is 4.26. The number of likely N-dealkylation sites (N-methyl/N-ethyl adjacent to an activating group) is 1. The molecule has 37 heavy (non-hydrogen) atoms. The van der Waals surface area contributed by atoms with Crippen LogP contribution in [0.25, 0.3) is 0 Å². The fourth-order valence-electron chi connectivity index (χ4n) is 4.26. The summed E-state index contributed by atoms with van der Waals surface area (Å²) in [5.41, 5.74) is 3.64. The average molecular weight is 510 g/mol. The fraction of sp³-hybridized carbons (Fsp3) is 0.500. The summed E-state index contributed by atoms with van der Waals surface area (Å²) in [5.74, 6) is -0.808. The molecule has 2 aromatic carbocycles. The standard InChI is InChI=1S/C30H43N3O4/c1-10-20(4)25(32-29(36)37-30(7,8)9)28(35)33(11-2)26(23-17-16-19(3)18-22(23)6)27(34)31-24-15-13-12-14-21(24)5/h12-18,20,25-26H,10-11H2,1-9H3,(H,31,34)(H,32,36). The second kappa shape index (κ2) is 12.7. The average Bonchev–Trinajstić information content (AvgIpc) is 2.81. The van der Waals surface area contributed by atoms with Gasteiger partial charge in [0.25, 0.3) is 5.91 Å². The largest absolute Gasteiger partial charge is 0.444 e. The van der Waals surface area contributed by atoms with Crippen LogP contribution in [0.4, 0.5) is 10.5 Å². The van der Waals surface area contributed by atoms with E-state index in [1.165, 1.54) is 0 Å². The molecule has 3 unspecified atom stereocenters. The molecule has 0 saturated heterocycles. The van der Waals surface area contributed by atoms with Gasteiger partial charge in [-0.15, -0.1) is 0 Å². The highest BCUT2D eigenvalue weighted by atomic mass is 16.6. The Labute approximate surface area is 222 Å². The number of nitrogens with one attached hydrogen (secondary N) is 2. The molecule has 7 heteroatoms. The Balaban J connectivity index is 2.53. The van der Waals surface area contributed by atoms with Crippen molar-refractivity contribution in [3.8, 4) is 0 Å². The van der Waals surface area contributed by atoms with Gasteiger partial charge in [-0.1, -0.05) is 62.2 Å².